The fourth-order valence-corrected chi connectivity index (χ4v) is 1.93. The van der Waals surface area contributed by atoms with E-state index in [0.717, 1.165) is 29.6 Å². The van der Waals surface area contributed by atoms with Crippen molar-refractivity contribution in [3.8, 4) is 17.1 Å². The Labute approximate surface area is 136 Å². The van der Waals surface area contributed by atoms with Gasteiger partial charge in [-0.3, -0.25) is 10.1 Å². The number of aromatic nitrogens is 3. The van der Waals surface area contributed by atoms with Crippen molar-refractivity contribution in [2.45, 2.75) is 20.4 Å². The molecule has 2 rings (SSSR count). The zero-order chi connectivity index (χ0) is 16.7. The molecule has 0 aliphatic rings. The van der Waals surface area contributed by atoms with Crippen molar-refractivity contribution in [3.05, 3.63) is 30.1 Å². The van der Waals surface area contributed by atoms with Crippen molar-refractivity contribution in [2.24, 2.45) is 10.9 Å². The zero-order valence-corrected chi connectivity index (χ0v) is 14.1. The third kappa shape index (κ3) is 4.98. The molecular formula is C16H24N6O. The highest BCUT2D eigenvalue weighted by molar-refractivity contribution is 5.79. The molecule has 0 atom stereocenters. The largest absolute Gasteiger partial charge is 0.497 e. The molecule has 0 bridgehead atoms. The van der Waals surface area contributed by atoms with Gasteiger partial charge in [-0.2, -0.15) is 5.10 Å². The normalized spacial score (nSPS) is 11.6. The van der Waals surface area contributed by atoms with Gasteiger partial charge in [-0.05, 0) is 30.2 Å². The van der Waals surface area contributed by atoms with Crippen LogP contribution >= 0.6 is 0 Å². The van der Waals surface area contributed by atoms with Crippen LogP contribution in [0.25, 0.3) is 11.4 Å². The van der Waals surface area contributed by atoms with E-state index in [9.17, 15) is 0 Å². The van der Waals surface area contributed by atoms with Crippen LogP contribution in [-0.2, 0) is 6.54 Å². The van der Waals surface area contributed by atoms with Crippen LogP contribution in [0.5, 0.6) is 5.75 Å². The molecule has 23 heavy (non-hydrogen) atoms. The van der Waals surface area contributed by atoms with Gasteiger partial charge >= 0.3 is 0 Å². The number of guanidine groups is 1. The predicted octanol–water partition coefficient (Wildman–Crippen LogP) is 1.80. The van der Waals surface area contributed by atoms with Gasteiger partial charge in [0.05, 0.1) is 13.7 Å². The van der Waals surface area contributed by atoms with Crippen molar-refractivity contribution in [1.29, 1.82) is 0 Å². The Morgan fingerprint density at radius 2 is 2.00 bits per heavy atom. The standard InChI is InChI=1S/C16H24N6O/c1-11(2)9-18-16(17-3)19-10-14-20-15(22-21-14)12-5-7-13(23-4)8-6-12/h5-8,11H,9-10H2,1-4H3,(H2,17,18,19)(H,20,21,22). The van der Waals surface area contributed by atoms with Crippen molar-refractivity contribution in [3.63, 3.8) is 0 Å². The van der Waals surface area contributed by atoms with E-state index < -0.39 is 0 Å². The van der Waals surface area contributed by atoms with E-state index in [1.807, 2.05) is 24.3 Å². The second kappa shape index (κ2) is 8.17. The number of nitrogens with zero attached hydrogens (tertiary/aromatic N) is 3. The quantitative estimate of drug-likeness (QED) is 0.559. The zero-order valence-electron chi connectivity index (χ0n) is 14.1. The summed E-state index contributed by atoms with van der Waals surface area (Å²) in [6.45, 7) is 5.70. The first-order chi connectivity index (χ1) is 11.1. The molecule has 0 aliphatic carbocycles. The number of aromatic amines is 1. The molecule has 7 heteroatoms. The minimum Gasteiger partial charge on any atom is -0.497 e. The number of nitrogens with one attached hydrogen (secondary N) is 3. The lowest BCUT2D eigenvalue weighted by Crippen LogP contribution is -2.38. The van der Waals surface area contributed by atoms with Crippen LogP contribution in [0.1, 0.15) is 19.7 Å². The summed E-state index contributed by atoms with van der Waals surface area (Å²) >= 11 is 0. The van der Waals surface area contributed by atoms with Crippen LogP contribution in [0.2, 0.25) is 0 Å². The smallest absolute Gasteiger partial charge is 0.191 e. The molecule has 0 aliphatic heterocycles. The van der Waals surface area contributed by atoms with Crippen LogP contribution in [0.4, 0.5) is 0 Å². The SMILES string of the molecule is CN=C(NCc1nc(-c2ccc(OC)cc2)n[nH]1)NCC(C)C. The van der Waals surface area contributed by atoms with E-state index in [0.29, 0.717) is 18.3 Å². The Kier molecular flexibility index (Phi) is 5.96. The molecule has 0 saturated carbocycles. The number of hydrogen-bond acceptors (Lipinski definition) is 4. The van der Waals surface area contributed by atoms with Crippen LogP contribution in [-0.4, -0.2) is 41.8 Å². The number of benzene rings is 1. The van der Waals surface area contributed by atoms with Gasteiger partial charge in [0.25, 0.3) is 0 Å². The molecule has 0 spiro atoms. The number of H-pyrrole nitrogens is 1. The second-order valence-corrected chi connectivity index (χ2v) is 5.53. The maximum atomic E-state index is 5.15. The van der Waals surface area contributed by atoms with Crippen LogP contribution in [0, 0.1) is 5.92 Å². The van der Waals surface area contributed by atoms with Crippen molar-refractivity contribution < 1.29 is 4.74 Å². The Bertz CT molecular complexity index is 632. The highest BCUT2D eigenvalue weighted by atomic mass is 16.5. The van der Waals surface area contributed by atoms with Gasteiger partial charge in [0.1, 0.15) is 11.6 Å². The van der Waals surface area contributed by atoms with Gasteiger partial charge in [0.2, 0.25) is 0 Å². The second-order valence-electron chi connectivity index (χ2n) is 5.53. The van der Waals surface area contributed by atoms with Gasteiger partial charge in [0.15, 0.2) is 11.8 Å². The van der Waals surface area contributed by atoms with E-state index in [4.69, 9.17) is 4.74 Å². The third-order valence-corrected chi connectivity index (χ3v) is 3.20. The maximum absolute atomic E-state index is 5.15. The molecule has 1 aromatic carbocycles. The fourth-order valence-electron chi connectivity index (χ4n) is 1.93. The van der Waals surface area contributed by atoms with Gasteiger partial charge in [-0.25, -0.2) is 4.98 Å². The highest BCUT2D eigenvalue weighted by Crippen LogP contribution is 2.18. The monoisotopic (exact) mass is 316 g/mol. The number of hydrogen-bond donors (Lipinski definition) is 3. The summed E-state index contributed by atoms with van der Waals surface area (Å²) in [4.78, 5) is 8.66. The lowest BCUT2D eigenvalue weighted by molar-refractivity contribution is 0.415. The van der Waals surface area contributed by atoms with Crippen molar-refractivity contribution in [2.75, 3.05) is 20.7 Å². The molecule has 7 nitrogen and oxygen atoms in total. The topological polar surface area (TPSA) is 87.2 Å². The molecule has 0 saturated heterocycles. The maximum Gasteiger partial charge on any atom is 0.191 e. The molecule has 1 aromatic heterocycles. The van der Waals surface area contributed by atoms with E-state index in [2.05, 4.69) is 44.7 Å². The Morgan fingerprint density at radius 3 is 2.61 bits per heavy atom. The first kappa shape index (κ1) is 16.8. The minimum absolute atomic E-state index is 0.529. The summed E-state index contributed by atoms with van der Waals surface area (Å²) in [5.41, 5.74) is 0.940. The van der Waals surface area contributed by atoms with Gasteiger partial charge in [-0.1, -0.05) is 13.8 Å². The summed E-state index contributed by atoms with van der Waals surface area (Å²) in [5, 5.41) is 13.6. The fraction of sp³-hybridized carbons (Fsp3) is 0.438. The number of methoxy groups -OCH3 is 1. The minimum atomic E-state index is 0.529. The highest BCUT2D eigenvalue weighted by Gasteiger charge is 2.07. The third-order valence-electron chi connectivity index (χ3n) is 3.20. The Morgan fingerprint density at radius 1 is 1.26 bits per heavy atom. The average molecular weight is 316 g/mol. The van der Waals surface area contributed by atoms with Crippen LogP contribution in [0.15, 0.2) is 29.3 Å². The van der Waals surface area contributed by atoms with Crippen LogP contribution < -0.4 is 15.4 Å². The summed E-state index contributed by atoms with van der Waals surface area (Å²) in [6.07, 6.45) is 0. The number of rotatable bonds is 6. The number of aliphatic imine (C=N–C) groups is 1. The molecular weight excluding hydrogens is 292 g/mol. The summed E-state index contributed by atoms with van der Waals surface area (Å²) in [5.74, 6) is 3.53. The molecule has 0 amide bonds. The molecule has 124 valence electrons. The predicted molar refractivity (Wildman–Crippen MR) is 91.4 cm³/mol. The number of ether oxygens (including phenoxy) is 1. The van der Waals surface area contributed by atoms with E-state index >= 15 is 0 Å². The lowest BCUT2D eigenvalue weighted by atomic mass is 10.2. The van der Waals surface area contributed by atoms with Crippen LogP contribution in [0.3, 0.4) is 0 Å². The summed E-state index contributed by atoms with van der Waals surface area (Å²) < 4.78 is 5.15. The molecule has 2 aromatic rings. The van der Waals surface area contributed by atoms with E-state index in [1.54, 1.807) is 14.2 Å². The van der Waals surface area contributed by atoms with E-state index in [1.165, 1.54) is 0 Å². The Balaban J connectivity index is 1.93. The van der Waals surface area contributed by atoms with Gasteiger partial charge < -0.3 is 15.4 Å². The lowest BCUT2D eigenvalue weighted by Gasteiger charge is -2.12. The van der Waals surface area contributed by atoms with E-state index in [-0.39, 0.29) is 0 Å². The molecule has 0 unspecified atom stereocenters. The van der Waals surface area contributed by atoms with Gasteiger partial charge in [-0.15, -0.1) is 0 Å². The average Bonchev–Trinajstić information content (AvgIpc) is 3.04. The Hall–Kier alpha value is -2.57. The molecule has 1 heterocycles. The summed E-state index contributed by atoms with van der Waals surface area (Å²) in [6, 6.07) is 7.65. The van der Waals surface area contributed by atoms with Crippen molar-refractivity contribution >= 4 is 5.96 Å². The van der Waals surface area contributed by atoms with Gasteiger partial charge in [0, 0.05) is 19.2 Å². The molecule has 0 radical (unpaired) electrons. The summed E-state index contributed by atoms with van der Waals surface area (Å²) in [7, 11) is 3.39. The van der Waals surface area contributed by atoms with Crippen molar-refractivity contribution in [1.82, 2.24) is 25.8 Å². The molecule has 0 fully saturated rings. The first-order valence-electron chi connectivity index (χ1n) is 7.62. The molecule has 3 N–H and O–H groups in total. The first-order valence-corrected chi connectivity index (χ1v) is 7.62.